The Morgan fingerprint density at radius 3 is 2.22 bits per heavy atom. The van der Waals surface area contributed by atoms with Crippen molar-refractivity contribution in [3.8, 4) is 5.75 Å². The van der Waals surface area contributed by atoms with Crippen LogP contribution in [0.3, 0.4) is 0 Å². The number of nitrogens with zero attached hydrogens (tertiary/aromatic N) is 1. The van der Waals surface area contributed by atoms with E-state index in [1.807, 2.05) is 6.07 Å². The Balaban J connectivity index is 1.78. The standard InChI is InChI=1S/C20H28N2O/c1-5-22(6-2)19-10-8-18(9-11-19)21-13-14-23-20-12-7-16(3)17(4)15-20/h7-12,15,21H,5-6,13-14H2,1-4H3. The average Bonchev–Trinajstić information content (AvgIpc) is 2.57. The van der Waals surface area contributed by atoms with Crippen molar-refractivity contribution < 1.29 is 4.74 Å². The van der Waals surface area contributed by atoms with Gasteiger partial charge in [-0.2, -0.15) is 0 Å². The third-order valence-corrected chi connectivity index (χ3v) is 4.17. The maximum atomic E-state index is 5.79. The summed E-state index contributed by atoms with van der Waals surface area (Å²) in [6.45, 7) is 12.1. The molecule has 0 saturated carbocycles. The zero-order chi connectivity index (χ0) is 16.7. The van der Waals surface area contributed by atoms with E-state index in [2.05, 4.69) is 74.3 Å². The Morgan fingerprint density at radius 1 is 0.913 bits per heavy atom. The average molecular weight is 312 g/mol. The summed E-state index contributed by atoms with van der Waals surface area (Å²) in [5, 5.41) is 3.40. The van der Waals surface area contributed by atoms with Crippen LogP contribution in [0.25, 0.3) is 0 Å². The Labute approximate surface area is 140 Å². The van der Waals surface area contributed by atoms with E-state index in [4.69, 9.17) is 4.74 Å². The highest BCUT2D eigenvalue weighted by Crippen LogP contribution is 2.18. The number of anilines is 2. The normalized spacial score (nSPS) is 10.4. The molecule has 0 aliphatic carbocycles. The smallest absolute Gasteiger partial charge is 0.119 e. The molecule has 23 heavy (non-hydrogen) atoms. The second kappa shape index (κ2) is 8.47. The fourth-order valence-electron chi connectivity index (χ4n) is 2.55. The lowest BCUT2D eigenvalue weighted by molar-refractivity contribution is 0.332. The lowest BCUT2D eigenvalue weighted by atomic mass is 10.1. The molecule has 2 rings (SSSR count). The number of benzene rings is 2. The Kier molecular flexibility index (Phi) is 6.33. The van der Waals surface area contributed by atoms with Crippen molar-refractivity contribution >= 4 is 11.4 Å². The topological polar surface area (TPSA) is 24.5 Å². The third-order valence-electron chi connectivity index (χ3n) is 4.17. The highest BCUT2D eigenvalue weighted by Gasteiger charge is 2.01. The molecule has 0 amide bonds. The summed E-state index contributed by atoms with van der Waals surface area (Å²) in [6, 6.07) is 14.8. The molecule has 1 N–H and O–H groups in total. The molecule has 0 radical (unpaired) electrons. The Morgan fingerprint density at radius 2 is 1.61 bits per heavy atom. The largest absolute Gasteiger partial charge is 0.492 e. The summed E-state index contributed by atoms with van der Waals surface area (Å²) in [6.07, 6.45) is 0. The third kappa shape index (κ3) is 4.92. The van der Waals surface area contributed by atoms with E-state index in [1.165, 1.54) is 16.8 Å². The number of aryl methyl sites for hydroxylation is 2. The SMILES string of the molecule is CCN(CC)c1ccc(NCCOc2ccc(C)c(C)c2)cc1. The lowest BCUT2D eigenvalue weighted by Crippen LogP contribution is -2.21. The number of rotatable bonds is 8. The van der Waals surface area contributed by atoms with Gasteiger partial charge in [0.25, 0.3) is 0 Å². The highest BCUT2D eigenvalue weighted by atomic mass is 16.5. The summed E-state index contributed by atoms with van der Waals surface area (Å²) in [7, 11) is 0. The number of hydrogen-bond donors (Lipinski definition) is 1. The van der Waals surface area contributed by atoms with E-state index in [1.54, 1.807) is 0 Å². The molecule has 2 aromatic rings. The molecule has 3 heteroatoms. The van der Waals surface area contributed by atoms with Crippen molar-refractivity contribution in [3.05, 3.63) is 53.6 Å². The van der Waals surface area contributed by atoms with E-state index in [-0.39, 0.29) is 0 Å². The molecule has 2 aromatic carbocycles. The van der Waals surface area contributed by atoms with Crippen molar-refractivity contribution in [1.29, 1.82) is 0 Å². The van der Waals surface area contributed by atoms with Gasteiger partial charge in [0.2, 0.25) is 0 Å². The van der Waals surface area contributed by atoms with Crippen molar-refractivity contribution in [1.82, 2.24) is 0 Å². The van der Waals surface area contributed by atoms with Gasteiger partial charge in [0.05, 0.1) is 0 Å². The molecule has 0 saturated heterocycles. The fraction of sp³-hybridized carbons (Fsp3) is 0.400. The molecule has 0 aliphatic heterocycles. The van der Waals surface area contributed by atoms with Gasteiger partial charge in [-0.3, -0.25) is 0 Å². The summed E-state index contributed by atoms with van der Waals surface area (Å²) in [4.78, 5) is 2.34. The van der Waals surface area contributed by atoms with Gasteiger partial charge in [-0.15, -0.1) is 0 Å². The van der Waals surface area contributed by atoms with Gasteiger partial charge in [0.15, 0.2) is 0 Å². The maximum Gasteiger partial charge on any atom is 0.119 e. The van der Waals surface area contributed by atoms with Crippen LogP contribution < -0.4 is 15.0 Å². The van der Waals surface area contributed by atoms with Crippen molar-refractivity contribution in [3.63, 3.8) is 0 Å². The molecule has 0 heterocycles. The zero-order valence-corrected chi connectivity index (χ0v) is 14.7. The van der Waals surface area contributed by atoms with Gasteiger partial charge in [-0.1, -0.05) is 6.07 Å². The first-order valence-electron chi connectivity index (χ1n) is 8.43. The summed E-state index contributed by atoms with van der Waals surface area (Å²) < 4.78 is 5.79. The van der Waals surface area contributed by atoms with Gasteiger partial charge in [-0.05, 0) is 75.2 Å². The van der Waals surface area contributed by atoms with Crippen LogP contribution >= 0.6 is 0 Å². The second-order valence-corrected chi connectivity index (χ2v) is 5.74. The number of hydrogen-bond acceptors (Lipinski definition) is 3. The minimum atomic E-state index is 0.653. The van der Waals surface area contributed by atoms with Crippen LogP contribution in [-0.2, 0) is 0 Å². The van der Waals surface area contributed by atoms with Crippen molar-refractivity contribution in [2.45, 2.75) is 27.7 Å². The van der Waals surface area contributed by atoms with Crippen molar-refractivity contribution in [2.24, 2.45) is 0 Å². The number of nitrogens with one attached hydrogen (secondary N) is 1. The van der Waals surface area contributed by atoms with E-state index in [9.17, 15) is 0 Å². The molecular formula is C20H28N2O. The van der Waals surface area contributed by atoms with Gasteiger partial charge < -0.3 is 15.0 Å². The van der Waals surface area contributed by atoms with Gasteiger partial charge in [0.1, 0.15) is 12.4 Å². The first-order valence-corrected chi connectivity index (χ1v) is 8.43. The molecule has 0 bridgehead atoms. The predicted molar refractivity (Wildman–Crippen MR) is 99.9 cm³/mol. The van der Waals surface area contributed by atoms with Crippen LogP contribution in [0.15, 0.2) is 42.5 Å². The highest BCUT2D eigenvalue weighted by molar-refractivity contribution is 5.55. The first kappa shape index (κ1) is 17.2. The molecule has 124 valence electrons. The van der Waals surface area contributed by atoms with Gasteiger partial charge >= 0.3 is 0 Å². The van der Waals surface area contributed by atoms with Crippen LogP contribution in [0.2, 0.25) is 0 Å². The summed E-state index contributed by atoms with van der Waals surface area (Å²) in [5.41, 5.74) is 4.96. The Bertz CT molecular complexity index is 604. The molecular weight excluding hydrogens is 284 g/mol. The minimum absolute atomic E-state index is 0.653. The van der Waals surface area contributed by atoms with E-state index in [0.717, 1.165) is 31.1 Å². The monoisotopic (exact) mass is 312 g/mol. The molecule has 0 unspecified atom stereocenters. The van der Waals surface area contributed by atoms with Crippen molar-refractivity contribution in [2.75, 3.05) is 36.5 Å². The first-order chi connectivity index (χ1) is 11.1. The molecule has 0 spiro atoms. The van der Waals surface area contributed by atoms with Crippen LogP contribution in [0, 0.1) is 13.8 Å². The fourth-order valence-corrected chi connectivity index (χ4v) is 2.55. The maximum absolute atomic E-state index is 5.79. The zero-order valence-electron chi connectivity index (χ0n) is 14.7. The summed E-state index contributed by atoms with van der Waals surface area (Å²) >= 11 is 0. The van der Waals surface area contributed by atoms with Gasteiger partial charge in [-0.25, -0.2) is 0 Å². The molecule has 0 aromatic heterocycles. The van der Waals surface area contributed by atoms with E-state index < -0.39 is 0 Å². The molecule has 3 nitrogen and oxygen atoms in total. The van der Waals surface area contributed by atoms with Gasteiger partial charge in [0, 0.05) is 31.0 Å². The molecule has 0 fully saturated rings. The van der Waals surface area contributed by atoms with E-state index >= 15 is 0 Å². The van der Waals surface area contributed by atoms with Crippen LogP contribution in [0.5, 0.6) is 5.75 Å². The van der Waals surface area contributed by atoms with Crippen LogP contribution in [0.1, 0.15) is 25.0 Å². The second-order valence-electron chi connectivity index (χ2n) is 5.74. The molecule has 0 atom stereocenters. The lowest BCUT2D eigenvalue weighted by Gasteiger charge is -2.21. The number of ether oxygens (including phenoxy) is 1. The van der Waals surface area contributed by atoms with Crippen LogP contribution in [-0.4, -0.2) is 26.2 Å². The quantitative estimate of drug-likeness (QED) is 0.719. The summed E-state index contributed by atoms with van der Waals surface area (Å²) in [5.74, 6) is 0.937. The Hall–Kier alpha value is -2.16. The minimum Gasteiger partial charge on any atom is -0.492 e. The molecule has 0 aliphatic rings. The predicted octanol–water partition coefficient (Wildman–Crippen LogP) is 4.64. The van der Waals surface area contributed by atoms with Crippen LogP contribution in [0.4, 0.5) is 11.4 Å². The van der Waals surface area contributed by atoms with E-state index in [0.29, 0.717) is 6.61 Å².